The summed E-state index contributed by atoms with van der Waals surface area (Å²) in [5.74, 6) is -0.274. The van der Waals surface area contributed by atoms with E-state index in [9.17, 15) is 18.0 Å². The maximum Gasteiger partial charge on any atom is 0.443 e. The first-order chi connectivity index (χ1) is 9.41. The second kappa shape index (κ2) is 7.42. The molecule has 0 radical (unpaired) electrons. The van der Waals surface area contributed by atoms with Crippen LogP contribution in [0, 0.1) is 5.92 Å². The minimum atomic E-state index is -4.51. The van der Waals surface area contributed by atoms with Crippen molar-refractivity contribution in [2.75, 3.05) is 6.54 Å². The number of carbonyl (C=O) groups excluding carboxylic acids is 1. The molecule has 1 fully saturated rings. The van der Waals surface area contributed by atoms with Gasteiger partial charge in [0.15, 0.2) is 5.01 Å². The quantitative estimate of drug-likeness (QED) is 0.883. The lowest BCUT2D eigenvalue weighted by molar-refractivity contribution is -0.137. The summed E-state index contributed by atoms with van der Waals surface area (Å²) in [7, 11) is 0. The Morgan fingerprint density at radius 3 is 2.57 bits per heavy atom. The molecule has 9 heteroatoms. The Bertz CT molecular complexity index is 475. The Balaban J connectivity index is 0.00000220. The molecule has 3 N–H and O–H groups in total. The molecule has 1 heterocycles. The predicted molar refractivity (Wildman–Crippen MR) is 76.6 cm³/mol. The van der Waals surface area contributed by atoms with Crippen molar-refractivity contribution in [2.24, 2.45) is 11.7 Å². The maximum absolute atomic E-state index is 12.4. The molecule has 0 bridgehead atoms. The average molecular weight is 344 g/mol. The molecular formula is C12H17ClF3N3OS. The number of hydrogen-bond donors (Lipinski definition) is 2. The highest BCUT2D eigenvalue weighted by atomic mass is 35.5. The third-order valence-electron chi connectivity index (χ3n) is 3.52. The highest BCUT2D eigenvalue weighted by molar-refractivity contribution is 7.09. The lowest BCUT2D eigenvalue weighted by Crippen LogP contribution is -2.44. The van der Waals surface area contributed by atoms with Crippen LogP contribution < -0.4 is 11.1 Å². The number of carbonyl (C=O) groups is 1. The molecule has 0 spiro atoms. The average Bonchev–Trinajstić information content (AvgIpc) is 3.04. The minimum Gasteiger partial charge on any atom is -0.346 e. The number of halogens is 4. The van der Waals surface area contributed by atoms with Crippen molar-refractivity contribution in [1.29, 1.82) is 0 Å². The number of nitrogens with two attached hydrogens (primary N) is 1. The summed E-state index contributed by atoms with van der Waals surface area (Å²) in [6.45, 7) is 0.284. The van der Waals surface area contributed by atoms with Crippen LogP contribution in [0.4, 0.5) is 13.2 Å². The second-order valence-corrected chi connectivity index (χ2v) is 5.75. The van der Waals surface area contributed by atoms with E-state index in [1.165, 1.54) is 0 Å². The zero-order valence-corrected chi connectivity index (χ0v) is 12.8. The molecule has 1 amide bonds. The number of nitrogens with one attached hydrogen (secondary N) is 1. The van der Waals surface area contributed by atoms with Crippen LogP contribution in [0.15, 0.2) is 5.38 Å². The first-order valence-corrected chi connectivity index (χ1v) is 7.33. The summed E-state index contributed by atoms with van der Waals surface area (Å²) >= 11 is 0.424. The van der Waals surface area contributed by atoms with Crippen molar-refractivity contribution >= 4 is 29.7 Å². The predicted octanol–water partition coefficient (Wildman–Crippen LogP) is 2.83. The van der Waals surface area contributed by atoms with Gasteiger partial charge in [0.2, 0.25) is 0 Å². The minimum absolute atomic E-state index is 0. The van der Waals surface area contributed by atoms with Crippen molar-refractivity contribution in [3.8, 4) is 0 Å². The lowest BCUT2D eigenvalue weighted by Gasteiger charge is -2.22. The van der Waals surface area contributed by atoms with Gasteiger partial charge in [-0.2, -0.15) is 13.2 Å². The normalized spacial score (nSPS) is 17.3. The Kier molecular flexibility index (Phi) is 6.42. The van der Waals surface area contributed by atoms with Crippen LogP contribution >= 0.6 is 23.7 Å². The number of hydrogen-bond acceptors (Lipinski definition) is 4. The molecule has 21 heavy (non-hydrogen) atoms. The first-order valence-electron chi connectivity index (χ1n) is 6.45. The first kappa shape index (κ1) is 18.2. The molecule has 1 aromatic heterocycles. The summed E-state index contributed by atoms with van der Waals surface area (Å²) in [6, 6.07) is -0.193. The smallest absolute Gasteiger partial charge is 0.346 e. The molecule has 0 aliphatic heterocycles. The molecule has 1 aliphatic carbocycles. The molecular weight excluding hydrogens is 327 g/mol. The summed E-state index contributed by atoms with van der Waals surface area (Å²) in [5, 5.41) is 2.82. The highest BCUT2D eigenvalue weighted by Crippen LogP contribution is 2.32. The van der Waals surface area contributed by atoms with Crippen LogP contribution in [-0.2, 0) is 6.18 Å². The van der Waals surface area contributed by atoms with Crippen molar-refractivity contribution in [1.82, 2.24) is 10.3 Å². The largest absolute Gasteiger partial charge is 0.443 e. The maximum atomic E-state index is 12.4. The lowest BCUT2D eigenvalue weighted by atomic mass is 9.98. The van der Waals surface area contributed by atoms with E-state index >= 15 is 0 Å². The molecule has 4 nitrogen and oxygen atoms in total. The van der Waals surface area contributed by atoms with Crippen molar-refractivity contribution in [2.45, 2.75) is 37.9 Å². The molecule has 1 aromatic rings. The van der Waals surface area contributed by atoms with Gasteiger partial charge in [-0.1, -0.05) is 12.8 Å². The second-order valence-electron chi connectivity index (χ2n) is 4.90. The third kappa shape index (κ3) is 4.55. The molecule has 120 valence electrons. The van der Waals surface area contributed by atoms with E-state index in [0.717, 1.165) is 31.1 Å². The fourth-order valence-electron chi connectivity index (χ4n) is 2.48. The van der Waals surface area contributed by atoms with Gasteiger partial charge < -0.3 is 11.1 Å². The zero-order valence-electron chi connectivity index (χ0n) is 11.2. The number of rotatable bonds is 4. The molecule has 0 saturated heterocycles. The zero-order chi connectivity index (χ0) is 14.8. The van der Waals surface area contributed by atoms with Gasteiger partial charge in [0.1, 0.15) is 5.69 Å². The number of aromatic nitrogens is 1. The molecule has 2 rings (SSSR count). The van der Waals surface area contributed by atoms with Crippen molar-refractivity contribution in [3.05, 3.63) is 16.1 Å². The Morgan fingerprint density at radius 2 is 2.10 bits per heavy atom. The summed E-state index contributed by atoms with van der Waals surface area (Å²) in [6.07, 6.45) is -0.320. The van der Waals surface area contributed by atoms with E-state index in [0.29, 0.717) is 17.3 Å². The molecule has 1 unspecified atom stereocenters. The van der Waals surface area contributed by atoms with Crippen molar-refractivity contribution in [3.63, 3.8) is 0 Å². The van der Waals surface area contributed by atoms with Crippen LogP contribution in [0.1, 0.15) is 41.2 Å². The van der Waals surface area contributed by atoms with Gasteiger partial charge in [-0.05, 0) is 18.8 Å². The van der Waals surface area contributed by atoms with Gasteiger partial charge in [-0.3, -0.25) is 4.79 Å². The Labute approximate surface area is 130 Å². The van der Waals surface area contributed by atoms with Crippen LogP contribution in [-0.4, -0.2) is 23.5 Å². The monoisotopic (exact) mass is 343 g/mol. The number of thiazole rings is 1. The van der Waals surface area contributed by atoms with E-state index in [4.69, 9.17) is 5.73 Å². The molecule has 0 aromatic carbocycles. The molecule has 1 atom stereocenters. The number of amides is 1. The standard InChI is InChI=1S/C12H16F3N3OS.ClH/c13-12(14,15)11-18-9(6-20-11)10(19)17-8(5-16)7-3-1-2-4-7;/h6-8H,1-5,16H2,(H,17,19);1H. The SMILES string of the molecule is Cl.NCC(NC(=O)c1csc(C(F)(F)F)n1)C1CCCC1. The van der Waals surface area contributed by atoms with Crippen LogP contribution in [0.2, 0.25) is 0 Å². The third-order valence-corrected chi connectivity index (χ3v) is 4.41. The van der Waals surface area contributed by atoms with Gasteiger partial charge in [0.25, 0.3) is 5.91 Å². The van der Waals surface area contributed by atoms with Gasteiger partial charge in [-0.25, -0.2) is 4.98 Å². The van der Waals surface area contributed by atoms with Gasteiger partial charge >= 0.3 is 6.18 Å². The number of alkyl halides is 3. The van der Waals surface area contributed by atoms with Gasteiger partial charge in [0.05, 0.1) is 0 Å². The summed E-state index contributed by atoms with van der Waals surface area (Å²) < 4.78 is 37.3. The fourth-order valence-corrected chi connectivity index (χ4v) is 3.15. The van der Waals surface area contributed by atoms with Crippen molar-refractivity contribution < 1.29 is 18.0 Å². The fraction of sp³-hybridized carbons (Fsp3) is 0.667. The van der Waals surface area contributed by atoms with E-state index in [-0.39, 0.29) is 30.7 Å². The van der Waals surface area contributed by atoms with E-state index < -0.39 is 17.1 Å². The summed E-state index contributed by atoms with van der Waals surface area (Å²) in [5.41, 5.74) is 5.45. The van der Waals surface area contributed by atoms with E-state index in [1.54, 1.807) is 0 Å². The number of nitrogens with zero attached hydrogens (tertiary/aromatic N) is 1. The Hall–Kier alpha value is -0.860. The van der Waals surface area contributed by atoms with Gasteiger partial charge in [0, 0.05) is 18.0 Å². The van der Waals surface area contributed by atoms with E-state index in [2.05, 4.69) is 10.3 Å². The van der Waals surface area contributed by atoms with Crippen LogP contribution in [0.5, 0.6) is 0 Å². The van der Waals surface area contributed by atoms with Gasteiger partial charge in [-0.15, -0.1) is 23.7 Å². The topological polar surface area (TPSA) is 68.0 Å². The van der Waals surface area contributed by atoms with Crippen LogP contribution in [0.25, 0.3) is 0 Å². The summed E-state index contributed by atoms with van der Waals surface area (Å²) in [4.78, 5) is 15.3. The molecule has 1 saturated carbocycles. The van der Waals surface area contributed by atoms with E-state index in [1.807, 2.05) is 0 Å². The van der Waals surface area contributed by atoms with Crippen LogP contribution in [0.3, 0.4) is 0 Å². The molecule has 1 aliphatic rings. The Morgan fingerprint density at radius 1 is 1.48 bits per heavy atom. The highest BCUT2D eigenvalue weighted by Gasteiger charge is 2.35.